The van der Waals surface area contributed by atoms with E-state index in [2.05, 4.69) is 12.2 Å². The van der Waals surface area contributed by atoms with Crippen molar-refractivity contribution in [3.8, 4) is 0 Å². The van der Waals surface area contributed by atoms with Crippen LogP contribution in [0.4, 0.5) is 0 Å². The minimum Gasteiger partial charge on any atom is -0.456 e. The van der Waals surface area contributed by atoms with Crippen molar-refractivity contribution in [1.82, 2.24) is 0 Å². The number of rotatable bonds is 5. The fraction of sp³-hybridized carbons (Fsp3) is 0.621. The average Bonchev–Trinajstić information content (AvgIpc) is 3.30. The van der Waals surface area contributed by atoms with Gasteiger partial charge in [0.05, 0.1) is 17.8 Å². The molecule has 0 aliphatic heterocycles. The fourth-order valence-electron chi connectivity index (χ4n) is 6.12. The molecule has 4 heteroatoms. The van der Waals surface area contributed by atoms with E-state index < -0.39 is 5.60 Å². The monoisotopic (exact) mass is 452 g/mol. The minimum atomic E-state index is -0.517. The molecule has 3 fully saturated rings. The summed E-state index contributed by atoms with van der Waals surface area (Å²) in [6.07, 6.45) is 14.3. The maximum atomic E-state index is 12.5. The standard InChI is InChI=1S/C29H40O4/c1-29(2,3)33-28(32)22-11-7-8-19(17-22)16-21-12-13-23-24(27(31)18-25(21)23)14-15-26(30)20-9-5-4-6-10-20/h7-8,11,14-17,20,23-27,30-31H,4-6,9-10,12-13,18H2,1-3H3/t23-,24+,25-,26+,27+/m0/s1. The van der Waals surface area contributed by atoms with Crippen LogP contribution in [0.25, 0.3) is 6.08 Å². The molecule has 5 atom stereocenters. The van der Waals surface area contributed by atoms with Gasteiger partial charge in [-0.1, -0.05) is 55.2 Å². The number of carbonyl (C=O) groups is 1. The molecule has 0 bridgehead atoms. The van der Waals surface area contributed by atoms with Gasteiger partial charge in [0.2, 0.25) is 0 Å². The Balaban J connectivity index is 1.43. The summed E-state index contributed by atoms with van der Waals surface area (Å²) in [6, 6.07) is 7.63. The third-order valence-corrected chi connectivity index (χ3v) is 7.73. The zero-order chi connectivity index (χ0) is 23.6. The molecule has 33 heavy (non-hydrogen) atoms. The number of benzene rings is 1. The van der Waals surface area contributed by atoms with Gasteiger partial charge in [-0.05, 0) is 88.3 Å². The molecule has 3 saturated carbocycles. The van der Waals surface area contributed by atoms with Crippen LogP contribution in [-0.4, -0.2) is 34.0 Å². The first-order valence-electron chi connectivity index (χ1n) is 12.8. The number of aliphatic hydroxyl groups is 2. The summed E-state index contributed by atoms with van der Waals surface area (Å²) in [6.45, 7) is 5.62. The molecular weight excluding hydrogens is 412 g/mol. The molecule has 4 rings (SSSR count). The van der Waals surface area contributed by atoms with Crippen LogP contribution in [0.15, 0.2) is 42.0 Å². The second kappa shape index (κ2) is 10.1. The van der Waals surface area contributed by atoms with Crippen LogP contribution < -0.4 is 0 Å². The summed E-state index contributed by atoms with van der Waals surface area (Å²) in [7, 11) is 0. The summed E-state index contributed by atoms with van der Waals surface area (Å²) in [5.74, 6) is 0.986. The van der Waals surface area contributed by atoms with Crippen LogP contribution in [0.5, 0.6) is 0 Å². The number of ether oxygens (including phenoxy) is 1. The maximum absolute atomic E-state index is 12.5. The van der Waals surface area contributed by atoms with E-state index in [9.17, 15) is 15.0 Å². The molecule has 2 N–H and O–H groups in total. The lowest BCUT2D eigenvalue weighted by atomic mass is 9.84. The summed E-state index contributed by atoms with van der Waals surface area (Å²) in [5, 5.41) is 21.4. The highest BCUT2D eigenvalue weighted by molar-refractivity contribution is 5.90. The lowest BCUT2D eigenvalue weighted by Crippen LogP contribution is -2.23. The van der Waals surface area contributed by atoms with Crippen molar-refractivity contribution >= 4 is 12.0 Å². The first kappa shape index (κ1) is 24.2. The van der Waals surface area contributed by atoms with Gasteiger partial charge in [0.25, 0.3) is 0 Å². The highest BCUT2D eigenvalue weighted by Crippen LogP contribution is 2.51. The van der Waals surface area contributed by atoms with Crippen molar-refractivity contribution < 1.29 is 19.7 Å². The molecule has 3 aliphatic rings. The maximum Gasteiger partial charge on any atom is 0.338 e. The lowest BCUT2D eigenvalue weighted by molar-refractivity contribution is 0.00694. The van der Waals surface area contributed by atoms with Gasteiger partial charge in [-0.2, -0.15) is 0 Å². The van der Waals surface area contributed by atoms with Crippen molar-refractivity contribution in [3.05, 3.63) is 53.1 Å². The van der Waals surface area contributed by atoms with E-state index in [4.69, 9.17) is 4.74 Å². The third kappa shape index (κ3) is 5.96. The predicted octanol–water partition coefficient (Wildman–Crippen LogP) is 5.93. The Morgan fingerprint density at radius 1 is 1.15 bits per heavy atom. The topological polar surface area (TPSA) is 66.8 Å². The molecule has 1 aromatic carbocycles. The van der Waals surface area contributed by atoms with Crippen LogP contribution >= 0.6 is 0 Å². The zero-order valence-electron chi connectivity index (χ0n) is 20.4. The number of aliphatic hydroxyl groups excluding tert-OH is 2. The Hall–Kier alpha value is -1.91. The fourth-order valence-corrected chi connectivity index (χ4v) is 6.12. The van der Waals surface area contributed by atoms with Crippen LogP contribution in [0, 0.1) is 23.7 Å². The molecule has 0 radical (unpaired) electrons. The number of hydrogen-bond acceptors (Lipinski definition) is 4. The quantitative estimate of drug-likeness (QED) is 0.429. The highest BCUT2D eigenvalue weighted by atomic mass is 16.6. The molecule has 0 heterocycles. The number of carbonyl (C=O) groups excluding carboxylic acids is 1. The summed E-state index contributed by atoms with van der Waals surface area (Å²) >= 11 is 0. The summed E-state index contributed by atoms with van der Waals surface area (Å²) < 4.78 is 5.52. The first-order valence-corrected chi connectivity index (χ1v) is 12.8. The normalized spacial score (nSPS) is 30.6. The minimum absolute atomic E-state index is 0.118. The molecule has 4 nitrogen and oxygen atoms in total. The van der Waals surface area contributed by atoms with Gasteiger partial charge in [-0.15, -0.1) is 0 Å². The van der Waals surface area contributed by atoms with Crippen molar-refractivity contribution in [3.63, 3.8) is 0 Å². The van der Waals surface area contributed by atoms with Gasteiger partial charge in [-0.25, -0.2) is 4.79 Å². The Morgan fingerprint density at radius 3 is 2.64 bits per heavy atom. The lowest BCUT2D eigenvalue weighted by Gasteiger charge is -2.25. The molecule has 0 saturated heterocycles. The summed E-state index contributed by atoms with van der Waals surface area (Å²) in [4.78, 5) is 12.5. The van der Waals surface area contributed by atoms with Crippen molar-refractivity contribution in [1.29, 1.82) is 0 Å². The van der Waals surface area contributed by atoms with Crippen LogP contribution in [-0.2, 0) is 4.74 Å². The SMILES string of the molecule is CC(C)(C)OC(=O)c1cccc(C=C2CC[C@H]3[C@@H](C=C[C@@H](O)C4CCCCC4)[C@H](O)C[C@@H]23)c1. The number of fused-ring (bicyclic) bond motifs is 1. The summed E-state index contributed by atoms with van der Waals surface area (Å²) in [5.41, 5.74) is 2.43. The van der Waals surface area contributed by atoms with E-state index >= 15 is 0 Å². The van der Waals surface area contributed by atoms with E-state index in [0.29, 0.717) is 23.3 Å². The van der Waals surface area contributed by atoms with Gasteiger partial charge >= 0.3 is 5.97 Å². The van der Waals surface area contributed by atoms with Gasteiger partial charge in [0.15, 0.2) is 0 Å². The molecule has 0 spiro atoms. The Kier molecular flexibility index (Phi) is 7.45. The van der Waals surface area contributed by atoms with Gasteiger partial charge < -0.3 is 14.9 Å². The van der Waals surface area contributed by atoms with Gasteiger partial charge in [-0.3, -0.25) is 0 Å². The predicted molar refractivity (Wildman–Crippen MR) is 132 cm³/mol. The third-order valence-electron chi connectivity index (χ3n) is 7.73. The van der Waals surface area contributed by atoms with Crippen molar-refractivity contribution in [2.75, 3.05) is 0 Å². The van der Waals surface area contributed by atoms with Gasteiger partial charge in [0.1, 0.15) is 5.60 Å². The molecule has 1 aromatic rings. The van der Waals surface area contributed by atoms with Crippen LogP contribution in [0.2, 0.25) is 0 Å². The Bertz CT molecular complexity index is 887. The van der Waals surface area contributed by atoms with Crippen molar-refractivity contribution in [2.45, 2.75) is 89.9 Å². The van der Waals surface area contributed by atoms with Gasteiger partial charge in [0, 0.05) is 5.92 Å². The molecule has 3 aliphatic carbocycles. The second-order valence-electron chi connectivity index (χ2n) is 11.3. The Morgan fingerprint density at radius 2 is 1.91 bits per heavy atom. The second-order valence-corrected chi connectivity index (χ2v) is 11.3. The van der Waals surface area contributed by atoms with E-state index in [1.165, 1.54) is 24.8 Å². The average molecular weight is 453 g/mol. The molecule has 0 aromatic heterocycles. The first-order chi connectivity index (χ1) is 15.7. The Labute approximate surface area is 198 Å². The smallest absolute Gasteiger partial charge is 0.338 e. The highest BCUT2D eigenvalue weighted by Gasteiger charge is 2.45. The molecule has 180 valence electrons. The molecule has 0 amide bonds. The van der Waals surface area contributed by atoms with Crippen LogP contribution in [0.3, 0.4) is 0 Å². The van der Waals surface area contributed by atoms with Crippen LogP contribution in [0.1, 0.15) is 88.1 Å². The van der Waals surface area contributed by atoms with Crippen molar-refractivity contribution in [2.24, 2.45) is 23.7 Å². The van der Waals surface area contributed by atoms with E-state index in [1.54, 1.807) is 6.07 Å². The number of esters is 1. The van der Waals surface area contributed by atoms with E-state index in [1.807, 2.05) is 45.0 Å². The van der Waals surface area contributed by atoms with E-state index in [0.717, 1.165) is 37.7 Å². The molecular formula is C29H40O4. The number of allylic oxidation sites excluding steroid dienone is 1. The largest absolute Gasteiger partial charge is 0.456 e. The zero-order valence-corrected chi connectivity index (χ0v) is 20.4. The number of hydrogen-bond donors (Lipinski definition) is 2. The molecule has 0 unspecified atom stereocenters. The van der Waals surface area contributed by atoms with E-state index in [-0.39, 0.29) is 24.1 Å².